The van der Waals surface area contributed by atoms with Crippen molar-refractivity contribution in [1.29, 1.82) is 0 Å². The number of nitrogens with zero attached hydrogens (tertiary/aromatic N) is 1. The molecule has 4 nitrogen and oxygen atoms in total. The van der Waals surface area contributed by atoms with E-state index in [1.165, 1.54) is 32.8 Å². The second-order valence-corrected chi connectivity index (χ2v) is 6.15. The topological polar surface area (TPSA) is 41.6 Å². The van der Waals surface area contributed by atoms with Crippen LogP contribution >= 0.6 is 0 Å². The summed E-state index contributed by atoms with van der Waals surface area (Å²) in [5.41, 5.74) is -0.598. The quantitative estimate of drug-likeness (QED) is 0.562. The van der Waals surface area contributed by atoms with Crippen LogP contribution in [0.5, 0.6) is 0 Å². The molecular weight excluding hydrogens is 264 g/mol. The normalized spacial score (nSPS) is 15.8. The molecule has 4 heteroatoms. The number of esters is 1. The third kappa shape index (κ3) is 7.28. The number of ether oxygens (including phenoxy) is 1. The fraction of sp³-hybridized carbons (Fsp3) is 0.941. The molecule has 0 bridgehead atoms. The number of hydrogen-bond acceptors (Lipinski definition) is 4. The summed E-state index contributed by atoms with van der Waals surface area (Å²) in [5, 5.41) is 3.31. The first kappa shape index (κ1) is 20.4. The van der Waals surface area contributed by atoms with E-state index in [2.05, 4.69) is 31.0 Å². The van der Waals surface area contributed by atoms with E-state index in [0.717, 1.165) is 26.1 Å². The molecule has 0 saturated carbocycles. The zero-order chi connectivity index (χ0) is 16.3. The second-order valence-electron chi connectivity index (χ2n) is 6.15. The molecule has 0 aromatic carbocycles. The third-order valence-electron chi connectivity index (χ3n) is 4.13. The molecule has 0 amide bonds. The molecule has 0 spiro atoms. The van der Waals surface area contributed by atoms with Gasteiger partial charge >= 0.3 is 5.97 Å². The van der Waals surface area contributed by atoms with Gasteiger partial charge in [-0.05, 0) is 52.7 Å². The zero-order valence-corrected chi connectivity index (χ0v) is 15.0. The Morgan fingerprint density at radius 3 is 2.10 bits per heavy atom. The number of carbonyl (C=O) groups is 1. The van der Waals surface area contributed by atoms with E-state index in [0.29, 0.717) is 6.04 Å². The van der Waals surface area contributed by atoms with Gasteiger partial charge in [-0.2, -0.15) is 0 Å². The van der Waals surface area contributed by atoms with Gasteiger partial charge in [-0.1, -0.05) is 33.6 Å². The zero-order valence-electron chi connectivity index (χ0n) is 15.0. The predicted octanol–water partition coefficient (Wildman–Crippen LogP) is 3.21. The molecule has 1 N–H and O–H groups in total. The van der Waals surface area contributed by atoms with E-state index in [1.54, 1.807) is 0 Å². The average Bonchev–Trinajstić information content (AvgIpc) is 2.46. The van der Waals surface area contributed by atoms with Crippen LogP contribution in [0.15, 0.2) is 0 Å². The first-order valence-corrected chi connectivity index (χ1v) is 8.52. The average molecular weight is 300 g/mol. The summed E-state index contributed by atoms with van der Waals surface area (Å²) in [7, 11) is 1.47. The van der Waals surface area contributed by atoms with E-state index < -0.39 is 5.54 Å². The molecule has 0 fully saturated rings. The lowest BCUT2D eigenvalue weighted by Gasteiger charge is -2.36. The number of hydrogen-bond donors (Lipinski definition) is 1. The van der Waals surface area contributed by atoms with Crippen LogP contribution in [-0.4, -0.2) is 49.2 Å². The number of likely N-dealkylation sites (N-methyl/N-ethyl adjacent to an activating group) is 1. The maximum atomic E-state index is 12.1. The number of unbranched alkanes of at least 4 members (excludes halogenated alkanes) is 2. The first-order valence-electron chi connectivity index (χ1n) is 8.52. The molecule has 126 valence electrons. The van der Waals surface area contributed by atoms with Gasteiger partial charge in [0.05, 0.1) is 7.11 Å². The molecule has 0 heterocycles. The van der Waals surface area contributed by atoms with Crippen molar-refractivity contribution in [2.45, 2.75) is 78.3 Å². The van der Waals surface area contributed by atoms with Gasteiger partial charge in [0.15, 0.2) is 0 Å². The van der Waals surface area contributed by atoms with E-state index in [1.807, 2.05) is 13.8 Å². The summed E-state index contributed by atoms with van der Waals surface area (Å²) in [6.07, 6.45) is 5.61. The van der Waals surface area contributed by atoms with Crippen LogP contribution in [0.3, 0.4) is 0 Å². The van der Waals surface area contributed by atoms with Crippen LogP contribution in [0.2, 0.25) is 0 Å². The Hall–Kier alpha value is -0.610. The molecule has 0 aliphatic carbocycles. The summed E-state index contributed by atoms with van der Waals surface area (Å²) in [6, 6.07) is 0.367. The predicted molar refractivity (Wildman–Crippen MR) is 89.6 cm³/mol. The fourth-order valence-electron chi connectivity index (χ4n) is 2.84. The Morgan fingerprint density at radius 2 is 1.71 bits per heavy atom. The van der Waals surface area contributed by atoms with Gasteiger partial charge in [0.2, 0.25) is 0 Å². The standard InChI is InChI=1S/C17H36N2O2/c1-7-10-12-19(13-11-8-2)15(4)14-17(5,18-9-3)16(20)21-6/h15,18H,7-14H2,1-6H3. The maximum Gasteiger partial charge on any atom is 0.325 e. The highest BCUT2D eigenvalue weighted by atomic mass is 16.5. The first-order chi connectivity index (χ1) is 9.95. The minimum atomic E-state index is -0.598. The number of methoxy groups -OCH3 is 1. The molecule has 0 radical (unpaired) electrons. The summed E-state index contributed by atoms with van der Waals surface area (Å²) in [4.78, 5) is 14.6. The Kier molecular flexibility index (Phi) is 10.7. The molecular formula is C17H36N2O2. The van der Waals surface area contributed by atoms with E-state index in [-0.39, 0.29) is 5.97 Å². The summed E-state index contributed by atoms with van der Waals surface area (Å²) < 4.78 is 4.99. The molecule has 2 atom stereocenters. The van der Waals surface area contributed by atoms with Crippen LogP contribution in [0.25, 0.3) is 0 Å². The lowest BCUT2D eigenvalue weighted by Crippen LogP contribution is -2.54. The van der Waals surface area contributed by atoms with Crippen LogP contribution in [0.4, 0.5) is 0 Å². The Labute approximate surface area is 131 Å². The van der Waals surface area contributed by atoms with Crippen LogP contribution in [0, 0.1) is 0 Å². The van der Waals surface area contributed by atoms with Crippen LogP contribution < -0.4 is 5.32 Å². The number of rotatable bonds is 12. The molecule has 0 aromatic heterocycles. The van der Waals surface area contributed by atoms with Crippen molar-refractivity contribution in [2.24, 2.45) is 0 Å². The van der Waals surface area contributed by atoms with Gasteiger partial charge in [0.1, 0.15) is 5.54 Å². The van der Waals surface area contributed by atoms with Gasteiger partial charge in [0, 0.05) is 6.04 Å². The SMILES string of the molecule is CCCCN(CCCC)C(C)CC(C)(NCC)C(=O)OC. The van der Waals surface area contributed by atoms with Gasteiger partial charge in [-0.25, -0.2) is 0 Å². The third-order valence-corrected chi connectivity index (χ3v) is 4.13. The summed E-state index contributed by atoms with van der Waals surface area (Å²) in [6.45, 7) is 13.6. The maximum absolute atomic E-state index is 12.1. The van der Waals surface area contributed by atoms with Crippen molar-refractivity contribution in [3.63, 3.8) is 0 Å². The van der Waals surface area contributed by atoms with Crippen molar-refractivity contribution in [3.8, 4) is 0 Å². The molecule has 0 aliphatic heterocycles. The lowest BCUT2D eigenvalue weighted by atomic mass is 9.92. The van der Waals surface area contributed by atoms with Gasteiger partial charge in [-0.3, -0.25) is 4.79 Å². The van der Waals surface area contributed by atoms with Crippen molar-refractivity contribution >= 4 is 5.97 Å². The van der Waals surface area contributed by atoms with E-state index in [4.69, 9.17) is 4.74 Å². The molecule has 0 aromatic rings. The Morgan fingerprint density at radius 1 is 1.19 bits per heavy atom. The number of nitrogens with one attached hydrogen (secondary N) is 1. The molecule has 2 unspecified atom stereocenters. The summed E-state index contributed by atoms with van der Waals surface area (Å²) >= 11 is 0. The highest BCUT2D eigenvalue weighted by Gasteiger charge is 2.36. The lowest BCUT2D eigenvalue weighted by molar-refractivity contribution is -0.148. The highest BCUT2D eigenvalue weighted by Crippen LogP contribution is 2.19. The van der Waals surface area contributed by atoms with Crippen LogP contribution in [0.1, 0.15) is 66.7 Å². The van der Waals surface area contributed by atoms with Gasteiger partial charge in [-0.15, -0.1) is 0 Å². The Bertz CT molecular complexity index is 276. The second kappa shape index (κ2) is 11.0. The Balaban J connectivity index is 4.79. The minimum absolute atomic E-state index is 0.165. The molecule has 21 heavy (non-hydrogen) atoms. The summed E-state index contributed by atoms with van der Waals surface area (Å²) in [5.74, 6) is -0.165. The monoisotopic (exact) mass is 300 g/mol. The van der Waals surface area contributed by atoms with Crippen molar-refractivity contribution in [3.05, 3.63) is 0 Å². The van der Waals surface area contributed by atoms with Crippen molar-refractivity contribution in [1.82, 2.24) is 10.2 Å². The van der Waals surface area contributed by atoms with E-state index >= 15 is 0 Å². The van der Waals surface area contributed by atoms with Gasteiger partial charge in [0.25, 0.3) is 0 Å². The number of carbonyl (C=O) groups excluding carboxylic acids is 1. The fourth-order valence-corrected chi connectivity index (χ4v) is 2.84. The molecule has 0 saturated heterocycles. The van der Waals surface area contributed by atoms with Crippen molar-refractivity contribution < 1.29 is 9.53 Å². The largest absolute Gasteiger partial charge is 0.468 e. The smallest absolute Gasteiger partial charge is 0.325 e. The minimum Gasteiger partial charge on any atom is -0.468 e. The molecule has 0 aliphatic rings. The molecule has 0 rings (SSSR count). The van der Waals surface area contributed by atoms with Crippen LogP contribution in [-0.2, 0) is 9.53 Å². The van der Waals surface area contributed by atoms with E-state index in [9.17, 15) is 4.79 Å². The highest BCUT2D eigenvalue weighted by molar-refractivity contribution is 5.80. The van der Waals surface area contributed by atoms with Gasteiger partial charge < -0.3 is 15.0 Å². The van der Waals surface area contributed by atoms with Crippen molar-refractivity contribution in [2.75, 3.05) is 26.7 Å².